The molecule has 4 amide bonds. The number of barbiturate groups is 1. The summed E-state index contributed by atoms with van der Waals surface area (Å²) in [6.45, 7) is 4.47. The monoisotopic (exact) mass is 473 g/mol. The topological polar surface area (TPSA) is 128 Å². The van der Waals surface area contributed by atoms with Crippen molar-refractivity contribution in [3.05, 3.63) is 62.7 Å². The van der Waals surface area contributed by atoms with E-state index >= 15 is 0 Å². The van der Waals surface area contributed by atoms with Crippen molar-refractivity contribution < 1.29 is 28.8 Å². The average molecular weight is 474 g/mol. The summed E-state index contributed by atoms with van der Waals surface area (Å²) in [5.41, 5.74) is -0.367. The summed E-state index contributed by atoms with van der Waals surface area (Å²) in [6.07, 6.45) is 2.01. The molecular weight excluding hydrogens is 454 g/mol. The molecule has 3 rings (SSSR count). The van der Waals surface area contributed by atoms with Gasteiger partial charge in [0.05, 0.1) is 28.8 Å². The molecule has 0 spiro atoms. The molecule has 1 aliphatic heterocycles. The third-order valence-corrected chi connectivity index (χ3v) is 4.77. The van der Waals surface area contributed by atoms with Crippen molar-refractivity contribution in [2.24, 2.45) is 0 Å². The molecule has 0 radical (unpaired) electrons. The van der Waals surface area contributed by atoms with Crippen LogP contribution >= 0.6 is 11.6 Å². The maximum absolute atomic E-state index is 13.1. The number of amides is 4. The lowest BCUT2D eigenvalue weighted by Crippen LogP contribution is -2.54. The molecule has 10 nitrogen and oxygen atoms in total. The van der Waals surface area contributed by atoms with Crippen LogP contribution in [-0.2, 0) is 9.59 Å². The normalized spacial score (nSPS) is 14.9. The first kappa shape index (κ1) is 23.7. The maximum Gasteiger partial charge on any atom is 0.335 e. The number of non-ortho nitro benzene ring substituents is 1. The van der Waals surface area contributed by atoms with E-state index in [4.69, 9.17) is 21.1 Å². The molecule has 33 heavy (non-hydrogen) atoms. The van der Waals surface area contributed by atoms with Gasteiger partial charge in [-0.1, -0.05) is 24.6 Å². The molecule has 1 heterocycles. The van der Waals surface area contributed by atoms with Crippen LogP contribution < -0.4 is 19.7 Å². The summed E-state index contributed by atoms with van der Waals surface area (Å²) in [6, 6.07) is 7.00. The second-order valence-corrected chi connectivity index (χ2v) is 7.25. The van der Waals surface area contributed by atoms with Gasteiger partial charge < -0.3 is 9.47 Å². The van der Waals surface area contributed by atoms with Gasteiger partial charge in [-0.2, -0.15) is 0 Å². The standard InChI is InChI=1S/C22H20ClN3O7/c1-3-8-33-19-17(23)10-13(11-18(19)32-4-2)9-16-20(27)24-22(29)25(21(16)28)14-6-5-7-15(12-14)26(30)31/h5-7,9-12H,3-4,8H2,1-2H3,(H,24,27,29)/b16-9+. The van der Waals surface area contributed by atoms with E-state index in [0.29, 0.717) is 35.2 Å². The second kappa shape index (κ2) is 10.1. The van der Waals surface area contributed by atoms with Gasteiger partial charge >= 0.3 is 6.03 Å². The Labute approximate surface area is 193 Å². The molecule has 1 aliphatic rings. The fourth-order valence-electron chi connectivity index (χ4n) is 3.08. The molecule has 1 saturated heterocycles. The minimum Gasteiger partial charge on any atom is -0.490 e. The fraction of sp³-hybridized carbons (Fsp3) is 0.227. The van der Waals surface area contributed by atoms with Gasteiger partial charge in [0.2, 0.25) is 0 Å². The molecule has 2 aromatic rings. The van der Waals surface area contributed by atoms with Crippen LogP contribution in [0, 0.1) is 10.1 Å². The van der Waals surface area contributed by atoms with Gasteiger partial charge in [0.1, 0.15) is 5.57 Å². The minimum atomic E-state index is -1.01. The summed E-state index contributed by atoms with van der Waals surface area (Å²) in [5, 5.41) is 13.4. The SMILES string of the molecule is CCCOc1c(Cl)cc(/C=C2\C(=O)NC(=O)N(c3cccc([N+](=O)[O-])c3)C2=O)cc1OCC. The minimum absolute atomic E-state index is 0.0542. The Bertz CT molecular complexity index is 1160. The summed E-state index contributed by atoms with van der Waals surface area (Å²) in [4.78, 5) is 48.9. The van der Waals surface area contributed by atoms with E-state index in [1.54, 1.807) is 13.0 Å². The van der Waals surface area contributed by atoms with Crippen LogP contribution in [-0.4, -0.2) is 36.0 Å². The Hall–Kier alpha value is -3.92. The number of hydrogen-bond donors (Lipinski definition) is 1. The van der Waals surface area contributed by atoms with Crippen molar-refractivity contribution in [3.63, 3.8) is 0 Å². The van der Waals surface area contributed by atoms with Crippen molar-refractivity contribution in [2.45, 2.75) is 20.3 Å². The van der Waals surface area contributed by atoms with E-state index in [1.807, 2.05) is 6.92 Å². The molecule has 0 unspecified atom stereocenters. The molecule has 0 atom stereocenters. The molecule has 11 heteroatoms. The molecule has 1 N–H and O–H groups in total. The van der Waals surface area contributed by atoms with E-state index in [0.717, 1.165) is 12.5 Å². The zero-order valence-corrected chi connectivity index (χ0v) is 18.5. The lowest BCUT2D eigenvalue weighted by Gasteiger charge is -2.26. The zero-order chi connectivity index (χ0) is 24.1. The number of nitrogens with one attached hydrogen (secondary N) is 1. The van der Waals surface area contributed by atoms with E-state index < -0.39 is 22.8 Å². The van der Waals surface area contributed by atoms with Crippen LogP contribution in [0.1, 0.15) is 25.8 Å². The highest BCUT2D eigenvalue weighted by molar-refractivity contribution is 6.39. The van der Waals surface area contributed by atoms with Gasteiger partial charge in [-0.05, 0) is 43.2 Å². The maximum atomic E-state index is 13.1. The first-order valence-corrected chi connectivity index (χ1v) is 10.4. The smallest absolute Gasteiger partial charge is 0.335 e. The Kier molecular flexibility index (Phi) is 7.29. The van der Waals surface area contributed by atoms with E-state index in [2.05, 4.69) is 5.32 Å². The largest absolute Gasteiger partial charge is 0.490 e. The number of rotatable bonds is 8. The molecule has 1 fully saturated rings. The van der Waals surface area contributed by atoms with Crippen molar-refractivity contribution in [1.82, 2.24) is 5.32 Å². The number of carbonyl (C=O) groups is 3. The second-order valence-electron chi connectivity index (χ2n) is 6.85. The third-order valence-electron chi connectivity index (χ3n) is 4.49. The van der Waals surface area contributed by atoms with Crippen LogP contribution in [0.25, 0.3) is 6.08 Å². The van der Waals surface area contributed by atoms with Crippen LogP contribution in [0.4, 0.5) is 16.2 Å². The van der Waals surface area contributed by atoms with Crippen LogP contribution in [0.3, 0.4) is 0 Å². The lowest BCUT2D eigenvalue weighted by atomic mass is 10.1. The number of ether oxygens (including phenoxy) is 2. The van der Waals surface area contributed by atoms with Gasteiger partial charge in [0.25, 0.3) is 17.5 Å². The van der Waals surface area contributed by atoms with Gasteiger partial charge in [0, 0.05) is 12.1 Å². The molecule has 2 aromatic carbocycles. The van der Waals surface area contributed by atoms with Gasteiger partial charge in [0.15, 0.2) is 11.5 Å². The zero-order valence-electron chi connectivity index (χ0n) is 17.8. The number of benzene rings is 2. The van der Waals surface area contributed by atoms with Crippen LogP contribution in [0.15, 0.2) is 42.0 Å². The quantitative estimate of drug-likeness (QED) is 0.264. The molecule has 0 saturated carbocycles. The van der Waals surface area contributed by atoms with E-state index in [-0.39, 0.29) is 22.0 Å². The fourth-order valence-corrected chi connectivity index (χ4v) is 3.36. The average Bonchev–Trinajstić information content (AvgIpc) is 2.76. The number of halogens is 1. The van der Waals surface area contributed by atoms with Crippen molar-refractivity contribution >= 4 is 46.9 Å². The number of nitrogens with zero attached hydrogens (tertiary/aromatic N) is 2. The third kappa shape index (κ3) is 5.12. The number of nitro benzene ring substituents is 1. The van der Waals surface area contributed by atoms with Crippen molar-refractivity contribution in [2.75, 3.05) is 18.1 Å². The number of hydrogen-bond acceptors (Lipinski definition) is 7. The van der Waals surface area contributed by atoms with Crippen molar-refractivity contribution in [3.8, 4) is 11.5 Å². The summed E-state index contributed by atoms with van der Waals surface area (Å²) >= 11 is 6.34. The predicted molar refractivity (Wildman–Crippen MR) is 121 cm³/mol. The van der Waals surface area contributed by atoms with E-state index in [1.165, 1.54) is 30.3 Å². The highest BCUT2D eigenvalue weighted by Crippen LogP contribution is 2.37. The van der Waals surface area contributed by atoms with Gasteiger partial charge in [-0.3, -0.25) is 25.0 Å². The first-order valence-electron chi connectivity index (χ1n) is 10.0. The van der Waals surface area contributed by atoms with Crippen LogP contribution in [0.2, 0.25) is 5.02 Å². The van der Waals surface area contributed by atoms with E-state index in [9.17, 15) is 24.5 Å². The molecule has 172 valence electrons. The molecule has 0 aromatic heterocycles. The lowest BCUT2D eigenvalue weighted by molar-refractivity contribution is -0.384. The summed E-state index contributed by atoms with van der Waals surface area (Å²) in [7, 11) is 0. The highest BCUT2D eigenvalue weighted by Gasteiger charge is 2.37. The molecule has 0 bridgehead atoms. The number of anilines is 1. The number of imide groups is 2. The Balaban J connectivity index is 2.03. The number of nitro groups is 1. The molecule has 0 aliphatic carbocycles. The van der Waals surface area contributed by atoms with Gasteiger partial charge in [-0.15, -0.1) is 0 Å². The molecular formula is C22H20ClN3O7. The number of urea groups is 1. The Morgan fingerprint density at radius 1 is 1.15 bits per heavy atom. The van der Waals surface area contributed by atoms with Gasteiger partial charge in [-0.25, -0.2) is 9.69 Å². The van der Waals surface area contributed by atoms with Crippen LogP contribution in [0.5, 0.6) is 11.5 Å². The van der Waals surface area contributed by atoms with Crippen molar-refractivity contribution in [1.29, 1.82) is 0 Å². The predicted octanol–water partition coefficient (Wildman–Crippen LogP) is 4.10. The summed E-state index contributed by atoms with van der Waals surface area (Å²) < 4.78 is 11.2. The summed E-state index contributed by atoms with van der Waals surface area (Å²) in [5.74, 6) is -1.17. The Morgan fingerprint density at radius 2 is 1.91 bits per heavy atom. The first-order chi connectivity index (χ1) is 15.8. The highest BCUT2D eigenvalue weighted by atomic mass is 35.5. The Morgan fingerprint density at radius 3 is 2.58 bits per heavy atom. The number of carbonyl (C=O) groups excluding carboxylic acids is 3.